The predicted molar refractivity (Wildman–Crippen MR) is 58.5 cm³/mol. The summed E-state index contributed by atoms with van der Waals surface area (Å²) in [6.45, 7) is 0.321. The van der Waals surface area contributed by atoms with Crippen LogP contribution in [0.15, 0.2) is 30.7 Å². The summed E-state index contributed by atoms with van der Waals surface area (Å²) in [5, 5.41) is 3.95. The van der Waals surface area contributed by atoms with Crippen LogP contribution in [0.2, 0.25) is 0 Å². The van der Waals surface area contributed by atoms with Crippen molar-refractivity contribution in [1.82, 2.24) is 14.8 Å². The highest BCUT2D eigenvalue weighted by molar-refractivity contribution is 5.22. The molecule has 18 heavy (non-hydrogen) atoms. The Hall–Kier alpha value is -1.89. The second-order valence-corrected chi connectivity index (χ2v) is 3.76. The van der Waals surface area contributed by atoms with Gasteiger partial charge in [0, 0.05) is 30.1 Å². The lowest BCUT2D eigenvalue weighted by molar-refractivity contribution is -0.141. The molecular weight excluding hydrogens is 245 g/mol. The van der Waals surface area contributed by atoms with E-state index in [0.29, 0.717) is 6.54 Å². The normalized spacial score (nSPS) is 11.8. The molecule has 0 bridgehead atoms. The van der Waals surface area contributed by atoms with Gasteiger partial charge in [-0.1, -0.05) is 6.07 Å². The number of nitrogens with zero attached hydrogens (tertiary/aromatic N) is 3. The highest BCUT2D eigenvalue weighted by Crippen LogP contribution is 2.30. The molecule has 0 unspecified atom stereocenters. The van der Waals surface area contributed by atoms with Gasteiger partial charge in [0.05, 0.1) is 12.7 Å². The van der Waals surface area contributed by atoms with Crippen LogP contribution in [0.3, 0.4) is 0 Å². The number of hydrogen-bond acceptors (Lipinski definition) is 3. The van der Waals surface area contributed by atoms with Crippen molar-refractivity contribution in [2.75, 3.05) is 0 Å². The van der Waals surface area contributed by atoms with Gasteiger partial charge in [-0.25, -0.2) is 0 Å². The number of aromatic nitrogens is 3. The summed E-state index contributed by atoms with van der Waals surface area (Å²) < 4.78 is 39.5. The molecule has 0 atom stereocenters. The summed E-state index contributed by atoms with van der Waals surface area (Å²) in [6, 6.07) is 2.86. The van der Waals surface area contributed by atoms with Gasteiger partial charge >= 0.3 is 6.18 Å². The highest BCUT2D eigenvalue weighted by Gasteiger charge is 2.34. The van der Waals surface area contributed by atoms with Crippen LogP contribution in [0, 0.1) is 0 Å². The molecule has 7 heteroatoms. The summed E-state index contributed by atoms with van der Waals surface area (Å²) in [4.78, 5) is 3.38. The maximum absolute atomic E-state index is 12.7. The van der Waals surface area contributed by atoms with Gasteiger partial charge in [0.1, 0.15) is 5.69 Å². The number of pyridine rings is 1. The summed E-state index contributed by atoms with van der Waals surface area (Å²) in [6.07, 6.45) is -0.183. The maximum atomic E-state index is 12.7. The Kier molecular flexibility index (Phi) is 3.33. The van der Waals surface area contributed by atoms with Gasteiger partial charge in [-0.3, -0.25) is 9.67 Å². The van der Waals surface area contributed by atoms with Crippen LogP contribution in [-0.2, 0) is 19.3 Å². The largest absolute Gasteiger partial charge is 0.433 e. The Morgan fingerprint density at radius 2 is 2.11 bits per heavy atom. The van der Waals surface area contributed by atoms with Crippen molar-refractivity contribution < 1.29 is 13.2 Å². The van der Waals surface area contributed by atoms with Crippen LogP contribution in [-0.4, -0.2) is 14.8 Å². The average molecular weight is 256 g/mol. The van der Waals surface area contributed by atoms with Crippen molar-refractivity contribution in [3.63, 3.8) is 0 Å². The quantitative estimate of drug-likeness (QED) is 0.911. The minimum absolute atomic E-state index is 0.0166. The van der Waals surface area contributed by atoms with Gasteiger partial charge in [-0.15, -0.1) is 0 Å². The lowest BCUT2D eigenvalue weighted by Crippen LogP contribution is -2.14. The van der Waals surface area contributed by atoms with E-state index < -0.39 is 11.9 Å². The fraction of sp³-hybridized carbons (Fsp3) is 0.273. The van der Waals surface area contributed by atoms with Gasteiger partial charge in [-0.05, 0) is 6.07 Å². The van der Waals surface area contributed by atoms with Crippen molar-refractivity contribution in [2.24, 2.45) is 5.73 Å². The molecule has 0 saturated carbocycles. The Morgan fingerprint density at radius 1 is 1.33 bits per heavy atom. The molecule has 0 spiro atoms. The van der Waals surface area contributed by atoms with Crippen molar-refractivity contribution >= 4 is 0 Å². The molecule has 4 nitrogen and oxygen atoms in total. The van der Waals surface area contributed by atoms with E-state index >= 15 is 0 Å². The maximum Gasteiger partial charge on any atom is 0.433 e. The summed E-state index contributed by atoms with van der Waals surface area (Å²) in [5.41, 5.74) is 5.38. The number of nitrogens with two attached hydrogens (primary N) is 1. The number of halogens is 3. The van der Waals surface area contributed by atoms with Crippen LogP contribution < -0.4 is 5.73 Å². The number of alkyl halides is 3. The smallest absolute Gasteiger partial charge is 0.326 e. The highest BCUT2D eigenvalue weighted by atomic mass is 19.4. The fourth-order valence-electron chi connectivity index (χ4n) is 1.59. The Balaban J connectivity index is 2.29. The molecule has 96 valence electrons. The first-order valence-electron chi connectivity index (χ1n) is 5.23. The third kappa shape index (κ3) is 2.67. The Labute approximate surface area is 101 Å². The van der Waals surface area contributed by atoms with Crippen LogP contribution >= 0.6 is 0 Å². The first-order valence-corrected chi connectivity index (χ1v) is 5.23. The number of rotatable bonds is 3. The molecule has 0 aliphatic carbocycles. The summed E-state index contributed by atoms with van der Waals surface area (Å²) in [7, 11) is 0. The van der Waals surface area contributed by atoms with Crippen molar-refractivity contribution in [1.29, 1.82) is 0 Å². The lowest BCUT2D eigenvalue weighted by atomic mass is 10.2. The molecule has 2 heterocycles. The molecule has 0 aromatic carbocycles. The minimum Gasteiger partial charge on any atom is -0.326 e. The topological polar surface area (TPSA) is 56.7 Å². The monoisotopic (exact) mass is 256 g/mol. The summed E-state index contributed by atoms with van der Waals surface area (Å²) >= 11 is 0. The van der Waals surface area contributed by atoms with Gasteiger partial charge < -0.3 is 5.73 Å². The molecule has 0 saturated heterocycles. The molecule has 0 aliphatic rings. The summed E-state index contributed by atoms with van der Waals surface area (Å²) in [5.74, 6) is 0. The zero-order valence-electron chi connectivity index (χ0n) is 9.35. The predicted octanol–water partition coefficient (Wildman–Crippen LogP) is 1.80. The molecule has 0 amide bonds. The van der Waals surface area contributed by atoms with E-state index in [0.717, 1.165) is 11.8 Å². The molecule has 2 rings (SSSR count). The van der Waals surface area contributed by atoms with E-state index in [1.54, 1.807) is 6.20 Å². The van der Waals surface area contributed by atoms with E-state index in [2.05, 4.69) is 10.1 Å². The van der Waals surface area contributed by atoms with Crippen LogP contribution in [0.5, 0.6) is 0 Å². The SMILES string of the molecule is NCc1cnn(Cc2cccnc2C(F)(F)F)c1. The van der Waals surface area contributed by atoms with E-state index in [9.17, 15) is 13.2 Å². The minimum atomic E-state index is -4.46. The Morgan fingerprint density at radius 3 is 2.72 bits per heavy atom. The van der Waals surface area contributed by atoms with Crippen molar-refractivity contribution in [2.45, 2.75) is 19.3 Å². The molecule has 0 aliphatic heterocycles. The molecule has 2 aromatic heterocycles. The van der Waals surface area contributed by atoms with Gasteiger partial charge in [0.2, 0.25) is 0 Å². The first kappa shape index (κ1) is 12.6. The van der Waals surface area contributed by atoms with Gasteiger partial charge in [0.15, 0.2) is 0 Å². The average Bonchev–Trinajstić information content (AvgIpc) is 2.76. The zero-order valence-corrected chi connectivity index (χ0v) is 9.35. The molecule has 2 aromatic rings. The van der Waals surface area contributed by atoms with Crippen LogP contribution in [0.1, 0.15) is 16.8 Å². The third-order valence-electron chi connectivity index (χ3n) is 2.41. The molecule has 0 radical (unpaired) electrons. The van der Waals surface area contributed by atoms with Gasteiger partial charge in [-0.2, -0.15) is 18.3 Å². The fourth-order valence-corrected chi connectivity index (χ4v) is 1.59. The van der Waals surface area contributed by atoms with Crippen LogP contribution in [0.25, 0.3) is 0 Å². The second kappa shape index (κ2) is 4.77. The zero-order chi connectivity index (χ0) is 13.2. The molecule has 0 fully saturated rings. The van der Waals surface area contributed by atoms with E-state index in [4.69, 9.17) is 5.73 Å². The lowest BCUT2D eigenvalue weighted by Gasteiger charge is -2.11. The van der Waals surface area contributed by atoms with Gasteiger partial charge in [0.25, 0.3) is 0 Å². The van der Waals surface area contributed by atoms with E-state index in [1.807, 2.05) is 0 Å². The standard InChI is InChI=1S/C11H11F3N4/c12-11(13,14)10-9(2-1-3-16-10)7-18-6-8(4-15)5-17-18/h1-3,5-6H,4,7,15H2. The molecule has 2 N–H and O–H groups in total. The first-order chi connectivity index (χ1) is 8.50. The number of hydrogen-bond donors (Lipinski definition) is 1. The van der Waals surface area contributed by atoms with Crippen molar-refractivity contribution in [3.8, 4) is 0 Å². The van der Waals surface area contributed by atoms with Crippen molar-refractivity contribution in [3.05, 3.63) is 47.5 Å². The molecular formula is C11H11F3N4. The third-order valence-corrected chi connectivity index (χ3v) is 2.41. The van der Waals surface area contributed by atoms with E-state index in [1.165, 1.54) is 23.0 Å². The second-order valence-electron chi connectivity index (χ2n) is 3.76. The Bertz CT molecular complexity index is 533. The van der Waals surface area contributed by atoms with Crippen LogP contribution in [0.4, 0.5) is 13.2 Å². The van der Waals surface area contributed by atoms with E-state index in [-0.39, 0.29) is 12.1 Å².